The summed E-state index contributed by atoms with van der Waals surface area (Å²) in [6.45, 7) is 3.01. The van der Waals surface area contributed by atoms with Gasteiger partial charge in [0.25, 0.3) is 0 Å². The van der Waals surface area contributed by atoms with Crippen LogP contribution in [-0.4, -0.2) is 23.9 Å². The summed E-state index contributed by atoms with van der Waals surface area (Å²) in [5, 5.41) is 3.26. The average Bonchev–Trinajstić information content (AvgIpc) is 2.74. The van der Waals surface area contributed by atoms with Crippen LogP contribution in [0.3, 0.4) is 0 Å². The third-order valence-electron chi connectivity index (χ3n) is 4.50. The number of nitrogens with one attached hydrogen (secondary N) is 1. The molecular weight excluding hydrogens is 348 g/mol. The molecule has 0 bridgehead atoms. The molecule has 0 aromatic heterocycles. The summed E-state index contributed by atoms with van der Waals surface area (Å²) >= 11 is 0. The molecule has 0 saturated heterocycles. The number of hydrogen-bond acceptors (Lipinski definition) is 3. The largest absolute Gasteiger partial charge is 0.489 e. The van der Waals surface area contributed by atoms with Gasteiger partial charge in [0.15, 0.2) is 0 Å². The minimum atomic E-state index is -0.315. The van der Waals surface area contributed by atoms with Crippen LogP contribution in [0.5, 0.6) is 5.75 Å². The Bertz CT molecular complexity index is 864. The molecule has 3 rings (SSSR count). The first-order chi connectivity index (χ1) is 13.6. The second-order valence-electron chi connectivity index (χ2n) is 6.84. The van der Waals surface area contributed by atoms with Crippen molar-refractivity contribution in [3.05, 3.63) is 96.1 Å². The molecule has 1 atom stereocenters. The van der Waals surface area contributed by atoms with E-state index in [1.54, 1.807) is 4.90 Å². The maximum Gasteiger partial charge on any atom is 0.244 e. The van der Waals surface area contributed by atoms with Crippen molar-refractivity contribution in [1.82, 2.24) is 4.90 Å². The lowest BCUT2D eigenvalue weighted by Gasteiger charge is -2.23. The number of likely N-dealkylation sites (N-methyl/N-ethyl adjacent to an activating group) is 1. The highest BCUT2D eigenvalue weighted by Gasteiger charge is 2.17. The Balaban J connectivity index is 1.50. The van der Waals surface area contributed by atoms with Crippen LogP contribution in [0.4, 0.5) is 5.69 Å². The molecule has 0 fully saturated rings. The standard InChI is InChI=1S/C24H26N2O2/c1-19(24(27)26(2)17-20-9-5-3-6-10-20)25-22-13-15-23(16-14-22)28-18-21-11-7-4-8-12-21/h3-16,19,25H,17-18H2,1-2H3/t19-/m1/s1. The van der Waals surface area contributed by atoms with E-state index in [4.69, 9.17) is 4.74 Å². The van der Waals surface area contributed by atoms with E-state index in [1.165, 1.54) is 0 Å². The van der Waals surface area contributed by atoms with Gasteiger partial charge in [-0.2, -0.15) is 0 Å². The molecule has 144 valence electrons. The quantitative estimate of drug-likeness (QED) is 0.620. The van der Waals surface area contributed by atoms with Crippen molar-refractivity contribution < 1.29 is 9.53 Å². The number of nitrogens with zero attached hydrogens (tertiary/aromatic N) is 1. The summed E-state index contributed by atoms with van der Waals surface area (Å²) in [6.07, 6.45) is 0. The third-order valence-corrected chi connectivity index (χ3v) is 4.50. The third kappa shape index (κ3) is 5.61. The molecule has 0 saturated carbocycles. The molecule has 4 nitrogen and oxygen atoms in total. The molecule has 4 heteroatoms. The van der Waals surface area contributed by atoms with Gasteiger partial charge in [0.05, 0.1) is 0 Å². The smallest absolute Gasteiger partial charge is 0.244 e. The topological polar surface area (TPSA) is 41.6 Å². The molecule has 28 heavy (non-hydrogen) atoms. The monoisotopic (exact) mass is 374 g/mol. The van der Waals surface area contributed by atoms with Gasteiger partial charge in [0, 0.05) is 19.3 Å². The Morgan fingerprint density at radius 1 is 0.893 bits per heavy atom. The number of hydrogen-bond donors (Lipinski definition) is 1. The van der Waals surface area contributed by atoms with E-state index in [0.29, 0.717) is 13.2 Å². The van der Waals surface area contributed by atoms with Gasteiger partial charge < -0.3 is 15.0 Å². The number of ether oxygens (including phenoxy) is 1. The van der Waals surface area contributed by atoms with Crippen molar-refractivity contribution in [3.8, 4) is 5.75 Å². The molecule has 0 spiro atoms. The van der Waals surface area contributed by atoms with Gasteiger partial charge in [-0.1, -0.05) is 60.7 Å². The fourth-order valence-electron chi connectivity index (χ4n) is 2.97. The lowest BCUT2D eigenvalue weighted by molar-refractivity contribution is -0.130. The van der Waals surface area contributed by atoms with Crippen molar-refractivity contribution in [2.24, 2.45) is 0 Å². The zero-order valence-electron chi connectivity index (χ0n) is 16.3. The Kier molecular flexibility index (Phi) is 6.68. The number of carbonyl (C=O) groups is 1. The van der Waals surface area contributed by atoms with E-state index in [9.17, 15) is 4.79 Å². The molecular formula is C24H26N2O2. The second kappa shape index (κ2) is 9.60. The van der Waals surface area contributed by atoms with Gasteiger partial charge in [-0.3, -0.25) is 4.79 Å². The highest BCUT2D eigenvalue weighted by atomic mass is 16.5. The number of anilines is 1. The Labute approximate surface area is 166 Å². The molecule has 1 amide bonds. The maximum absolute atomic E-state index is 12.6. The fourth-order valence-corrected chi connectivity index (χ4v) is 2.97. The molecule has 0 radical (unpaired) electrons. The summed E-state index contributed by atoms with van der Waals surface area (Å²) < 4.78 is 5.80. The van der Waals surface area contributed by atoms with Crippen LogP contribution in [0.25, 0.3) is 0 Å². The van der Waals surface area contributed by atoms with Crippen LogP contribution in [0.15, 0.2) is 84.9 Å². The zero-order valence-corrected chi connectivity index (χ0v) is 16.3. The SMILES string of the molecule is C[C@@H](Nc1ccc(OCc2ccccc2)cc1)C(=O)N(C)Cc1ccccc1. The van der Waals surface area contributed by atoms with Gasteiger partial charge >= 0.3 is 0 Å². The molecule has 3 aromatic carbocycles. The number of benzene rings is 3. The van der Waals surface area contributed by atoms with E-state index >= 15 is 0 Å². The van der Waals surface area contributed by atoms with E-state index in [-0.39, 0.29) is 11.9 Å². The Morgan fingerprint density at radius 3 is 2.07 bits per heavy atom. The summed E-state index contributed by atoms with van der Waals surface area (Å²) in [5.41, 5.74) is 3.14. The van der Waals surface area contributed by atoms with Crippen molar-refractivity contribution in [2.45, 2.75) is 26.1 Å². The van der Waals surface area contributed by atoms with Crippen molar-refractivity contribution in [2.75, 3.05) is 12.4 Å². The van der Waals surface area contributed by atoms with E-state index in [2.05, 4.69) is 5.32 Å². The van der Waals surface area contributed by atoms with E-state index in [0.717, 1.165) is 22.6 Å². The first-order valence-electron chi connectivity index (χ1n) is 9.44. The molecule has 0 aliphatic rings. The highest BCUT2D eigenvalue weighted by molar-refractivity contribution is 5.84. The van der Waals surface area contributed by atoms with Crippen molar-refractivity contribution in [3.63, 3.8) is 0 Å². The summed E-state index contributed by atoms with van der Waals surface area (Å²) in [6, 6.07) is 27.4. The van der Waals surface area contributed by atoms with Crippen LogP contribution in [-0.2, 0) is 17.9 Å². The number of carbonyl (C=O) groups excluding carboxylic acids is 1. The molecule has 1 N–H and O–H groups in total. The lowest BCUT2D eigenvalue weighted by Crippen LogP contribution is -2.38. The summed E-state index contributed by atoms with van der Waals surface area (Å²) in [4.78, 5) is 14.4. The number of rotatable bonds is 8. The van der Waals surface area contributed by atoms with Crippen LogP contribution < -0.4 is 10.1 Å². The Morgan fingerprint density at radius 2 is 1.46 bits per heavy atom. The zero-order chi connectivity index (χ0) is 19.8. The summed E-state index contributed by atoms with van der Waals surface area (Å²) in [7, 11) is 1.83. The van der Waals surface area contributed by atoms with Crippen molar-refractivity contribution >= 4 is 11.6 Å². The fraction of sp³-hybridized carbons (Fsp3) is 0.208. The molecule has 0 unspecified atom stereocenters. The van der Waals surface area contributed by atoms with E-state index in [1.807, 2.05) is 98.9 Å². The van der Waals surface area contributed by atoms with Gasteiger partial charge in [0.1, 0.15) is 18.4 Å². The predicted molar refractivity (Wildman–Crippen MR) is 113 cm³/mol. The minimum Gasteiger partial charge on any atom is -0.489 e. The second-order valence-corrected chi connectivity index (χ2v) is 6.84. The first-order valence-corrected chi connectivity index (χ1v) is 9.44. The van der Waals surface area contributed by atoms with Crippen LogP contribution in [0.1, 0.15) is 18.1 Å². The number of amides is 1. The van der Waals surface area contributed by atoms with Crippen molar-refractivity contribution in [1.29, 1.82) is 0 Å². The first kappa shape index (κ1) is 19.5. The van der Waals surface area contributed by atoms with Gasteiger partial charge in [-0.25, -0.2) is 0 Å². The lowest BCUT2D eigenvalue weighted by atomic mass is 10.2. The van der Waals surface area contributed by atoms with Crippen LogP contribution in [0.2, 0.25) is 0 Å². The highest BCUT2D eigenvalue weighted by Crippen LogP contribution is 2.18. The normalized spacial score (nSPS) is 11.5. The molecule has 0 heterocycles. The predicted octanol–water partition coefficient (Wildman–Crippen LogP) is 4.72. The van der Waals surface area contributed by atoms with Gasteiger partial charge in [-0.05, 0) is 42.3 Å². The molecule has 0 aliphatic carbocycles. The maximum atomic E-state index is 12.6. The van der Waals surface area contributed by atoms with Crippen LogP contribution in [0, 0.1) is 0 Å². The van der Waals surface area contributed by atoms with Crippen LogP contribution >= 0.6 is 0 Å². The van der Waals surface area contributed by atoms with Gasteiger partial charge in [-0.15, -0.1) is 0 Å². The molecule has 3 aromatic rings. The Hall–Kier alpha value is -3.27. The van der Waals surface area contributed by atoms with E-state index < -0.39 is 0 Å². The minimum absolute atomic E-state index is 0.0493. The summed E-state index contributed by atoms with van der Waals surface area (Å²) in [5.74, 6) is 0.850. The molecule has 0 aliphatic heterocycles. The average molecular weight is 374 g/mol. The van der Waals surface area contributed by atoms with Gasteiger partial charge in [0.2, 0.25) is 5.91 Å².